The number of carbonyl (C=O) groups is 1. The fourth-order valence-electron chi connectivity index (χ4n) is 3.06. The standard InChI is InChI=1S/C13H16BrN3OS/c1-8-15-13(10-4-5-11(14)19-10)7-16(2)6-9(13)12(18)17(8)3/h4-5,9,15H,1,6-7H2,2-3H3/t9-,13-/m0/s1. The molecule has 1 aromatic heterocycles. The number of likely N-dealkylation sites (tertiary alicyclic amines) is 1. The second-order valence-electron chi connectivity index (χ2n) is 5.29. The summed E-state index contributed by atoms with van der Waals surface area (Å²) >= 11 is 5.19. The van der Waals surface area contributed by atoms with E-state index >= 15 is 0 Å². The highest BCUT2D eigenvalue weighted by Gasteiger charge is 2.55. The lowest BCUT2D eigenvalue weighted by Crippen LogP contribution is -2.60. The van der Waals surface area contributed by atoms with Crippen molar-refractivity contribution in [3.8, 4) is 0 Å². The molecule has 1 amide bonds. The summed E-state index contributed by atoms with van der Waals surface area (Å²) in [5.41, 5.74) is -0.327. The predicted molar refractivity (Wildman–Crippen MR) is 79.7 cm³/mol. The van der Waals surface area contributed by atoms with Gasteiger partial charge in [0.25, 0.3) is 0 Å². The Morgan fingerprint density at radius 3 is 2.89 bits per heavy atom. The minimum Gasteiger partial charge on any atom is -0.359 e. The van der Waals surface area contributed by atoms with Gasteiger partial charge in [-0.05, 0) is 35.1 Å². The van der Waals surface area contributed by atoms with Crippen LogP contribution in [0.3, 0.4) is 0 Å². The smallest absolute Gasteiger partial charge is 0.235 e. The van der Waals surface area contributed by atoms with Crippen LogP contribution in [-0.2, 0) is 10.3 Å². The maximum atomic E-state index is 12.5. The van der Waals surface area contributed by atoms with Crippen LogP contribution in [0.15, 0.2) is 28.3 Å². The summed E-state index contributed by atoms with van der Waals surface area (Å²) in [7, 11) is 3.84. The molecule has 2 saturated heterocycles. The van der Waals surface area contributed by atoms with Crippen molar-refractivity contribution in [2.45, 2.75) is 5.54 Å². The van der Waals surface area contributed by atoms with Crippen LogP contribution in [0.4, 0.5) is 0 Å². The number of amides is 1. The lowest BCUT2D eigenvalue weighted by atomic mass is 9.82. The Kier molecular flexibility index (Phi) is 2.99. The fourth-order valence-corrected chi connectivity index (χ4v) is 4.63. The molecule has 2 aliphatic rings. The number of thiophene rings is 1. The monoisotopic (exact) mass is 341 g/mol. The van der Waals surface area contributed by atoms with Gasteiger partial charge in [-0.2, -0.15) is 0 Å². The third-order valence-electron chi connectivity index (χ3n) is 4.02. The van der Waals surface area contributed by atoms with Crippen LogP contribution < -0.4 is 5.32 Å². The number of nitrogens with one attached hydrogen (secondary N) is 1. The highest BCUT2D eigenvalue weighted by Crippen LogP contribution is 2.44. The van der Waals surface area contributed by atoms with Crippen molar-refractivity contribution in [3.05, 3.63) is 33.2 Å². The van der Waals surface area contributed by atoms with E-state index in [0.29, 0.717) is 5.82 Å². The quantitative estimate of drug-likeness (QED) is 0.845. The Labute approximate surface area is 125 Å². The summed E-state index contributed by atoms with van der Waals surface area (Å²) < 4.78 is 1.09. The molecule has 0 aliphatic carbocycles. The first kappa shape index (κ1) is 13.1. The zero-order chi connectivity index (χ0) is 13.8. The zero-order valence-corrected chi connectivity index (χ0v) is 13.3. The van der Waals surface area contributed by atoms with E-state index in [2.05, 4.69) is 45.8 Å². The predicted octanol–water partition coefficient (Wildman–Crippen LogP) is 1.80. The van der Waals surface area contributed by atoms with Gasteiger partial charge < -0.3 is 15.1 Å². The zero-order valence-electron chi connectivity index (χ0n) is 10.9. The molecule has 2 aliphatic heterocycles. The van der Waals surface area contributed by atoms with Crippen molar-refractivity contribution in [1.29, 1.82) is 0 Å². The van der Waals surface area contributed by atoms with Crippen LogP contribution in [0, 0.1) is 5.92 Å². The third-order valence-corrected chi connectivity index (χ3v) is 5.82. The molecule has 6 heteroatoms. The van der Waals surface area contributed by atoms with E-state index < -0.39 is 0 Å². The second-order valence-corrected chi connectivity index (χ2v) is 7.76. The molecule has 19 heavy (non-hydrogen) atoms. The molecule has 0 unspecified atom stereocenters. The summed E-state index contributed by atoms with van der Waals surface area (Å²) in [6.45, 7) is 5.58. The molecule has 2 atom stereocenters. The van der Waals surface area contributed by atoms with Gasteiger partial charge in [0.05, 0.1) is 15.2 Å². The molecule has 1 aromatic rings. The average molecular weight is 342 g/mol. The highest BCUT2D eigenvalue weighted by atomic mass is 79.9. The Morgan fingerprint density at radius 2 is 2.26 bits per heavy atom. The molecule has 0 radical (unpaired) electrons. The van der Waals surface area contributed by atoms with Crippen LogP contribution in [-0.4, -0.2) is 42.9 Å². The highest BCUT2D eigenvalue weighted by molar-refractivity contribution is 9.11. The van der Waals surface area contributed by atoms with Gasteiger partial charge in [0.1, 0.15) is 5.82 Å². The van der Waals surface area contributed by atoms with Crippen LogP contribution in [0.1, 0.15) is 4.88 Å². The summed E-state index contributed by atoms with van der Waals surface area (Å²) in [6.07, 6.45) is 0. The van der Waals surface area contributed by atoms with Gasteiger partial charge in [-0.25, -0.2) is 0 Å². The van der Waals surface area contributed by atoms with Gasteiger partial charge in [0, 0.05) is 25.0 Å². The maximum absolute atomic E-state index is 12.5. The molecular weight excluding hydrogens is 326 g/mol. The summed E-state index contributed by atoms with van der Waals surface area (Å²) in [6, 6.07) is 4.14. The lowest BCUT2D eigenvalue weighted by molar-refractivity contribution is -0.137. The molecule has 3 heterocycles. The van der Waals surface area contributed by atoms with Crippen molar-refractivity contribution < 1.29 is 4.79 Å². The normalized spacial score (nSPS) is 31.5. The first-order valence-corrected chi connectivity index (χ1v) is 7.74. The maximum Gasteiger partial charge on any atom is 0.235 e. The van der Waals surface area contributed by atoms with Crippen molar-refractivity contribution in [1.82, 2.24) is 15.1 Å². The number of halogens is 1. The number of fused-ring (bicyclic) bond motifs is 1. The van der Waals surface area contributed by atoms with E-state index in [1.165, 1.54) is 4.88 Å². The van der Waals surface area contributed by atoms with E-state index in [4.69, 9.17) is 0 Å². The van der Waals surface area contributed by atoms with E-state index in [9.17, 15) is 4.79 Å². The van der Waals surface area contributed by atoms with Gasteiger partial charge in [-0.3, -0.25) is 4.79 Å². The largest absolute Gasteiger partial charge is 0.359 e. The van der Waals surface area contributed by atoms with Crippen LogP contribution >= 0.6 is 27.3 Å². The molecule has 3 rings (SSSR count). The van der Waals surface area contributed by atoms with Crippen molar-refractivity contribution in [2.75, 3.05) is 27.2 Å². The average Bonchev–Trinajstić information content (AvgIpc) is 2.91. The molecular formula is C13H16BrN3OS. The van der Waals surface area contributed by atoms with Gasteiger partial charge >= 0.3 is 0 Å². The van der Waals surface area contributed by atoms with Crippen molar-refractivity contribution in [2.24, 2.45) is 5.92 Å². The number of hydrogen-bond donors (Lipinski definition) is 1. The molecule has 4 nitrogen and oxygen atoms in total. The topological polar surface area (TPSA) is 35.6 Å². The SMILES string of the molecule is C=C1N[C@@]2(c3ccc(Br)s3)CN(C)C[C@H]2C(=O)N1C. The fraction of sp³-hybridized carbons (Fsp3) is 0.462. The number of nitrogens with zero attached hydrogens (tertiary/aromatic N) is 2. The number of hydrogen-bond acceptors (Lipinski definition) is 4. The van der Waals surface area contributed by atoms with E-state index in [0.717, 1.165) is 16.9 Å². The van der Waals surface area contributed by atoms with E-state index in [1.807, 2.05) is 6.07 Å². The van der Waals surface area contributed by atoms with E-state index in [1.54, 1.807) is 23.3 Å². The van der Waals surface area contributed by atoms with Gasteiger partial charge in [0.15, 0.2) is 0 Å². The van der Waals surface area contributed by atoms with E-state index in [-0.39, 0.29) is 17.4 Å². The molecule has 102 valence electrons. The lowest BCUT2D eigenvalue weighted by Gasteiger charge is -2.43. The molecule has 0 bridgehead atoms. The molecule has 0 aromatic carbocycles. The Morgan fingerprint density at radius 1 is 1.53 bits per heavy atom. The molecule has 2 fully saturated rings. The molecule has 1 N–H and O–H groups in total. The molecule has 0 saturated carbocycles. The summed E-state index contributed by atoms with van der Waals surface area (Å²) in [4.78, 5) is 17.6. The molecule has 0 spiro atoms. The summed E-state index contributed by atoms with van der Waals surface area (Å²) in [5, 5.41) is 3.49. The van der Waals surface area contributed by atoms with Crippen LogP contribution in [0.5, 0.6) is 0 Å². The minimum absolute atomic E-state index is 0.0569. The third kappa shape index (κ3) is 1.85. The number of carbonyl (C=O) groups excluding carboxylic acids is 1. The van der Waals surface area contributed by atoms with Crippen LogP contribution in [0.25, 0.3) is 0 Å². The van der Waals surface area contributed by atoms with Crippen molar-refractivity contribution >= 4 is 33.2 Å². The van der Waals surface area contributed by atoms with Crippen LogP contribution in [0.2, 0.25) is 0 Å². The Balaban J connectivity index is 2.10. The summed E-state index contributed by atoms with van der Waals surface area (Å²) in [5.74, 6) is 0.775. The van der Waals surface area contributed by atoms with Crippen molar-refractivity contribution in [3.63, 3.8) is 0 Å². The number of rotatable bonds is 1. The first-order chi connectivity index (χ1) is 8.94. The first-order valence-electron chi connectivity index (χ1n) is 6.13. The Bertz CT molecular complexity index is 558. The van der Waals surface area contributed by atoms with Gasteiger partial charge in [-0.15, -0.1) is 11.3 Å². The minimum atomic E-state index is -0.327. The second kappa shape index (κ2) is 4.33. The Hall–Kier alpha value is -0.850. The number of likely N-dealkylation sites (N-methyl/N-ethyl adjacent to an activating group) is 1. The van der Waals surface area contributed by atoms with Gasteiger partial charge in [-0.1, -0.05) is 6.58 Å². The van der Waals surface area contributed by atoms with Gasteiger partial charge in [0.2, 0.25) is 5.91 Å².